The van der Waals surface area contributed by atoms with Crippen molar-refractivity contribution in [1.82, 2.24) is 4.98 Å². The highest BCUT2D eigenvalue weighted by molar-refractivity contribution is 7.92. The second-order valence-electron chi connectivity index (χ2n) is 7.13. The number of ether oxygens (including phenoxy) is 1. The number of nitrogen functional groups attached to an aromatic ring is 1. The van der Waals surface area contributed by atoms with Gasteiger partial charge in [-0.3, -0.25) is 10.0 Å². The number of fused-ring (bicyclic) bond motifs is 1. The monoisotopic (exact) mass is 448 g/mol. The summed E-state index contributed by atoms with van der Waals surface area (Å²) in [6.45, 7) is 2.55. The second kappa shape index (κ2) is 9.99. The summed E-state index contributed by atoms with van der Waals surface area (Å²) in [7, 11) is -5.30. The molecule has 12 heteroatoms. The molecule has 31 heavy (non-hydrogen) atoms. The normalized spacial score (nSPS) is 13.0. The third kappa shape index (κ3) is 5.87. The molecule has 0 aliphatic carbocycles. The van der Waals surface area contributed by atoms with Crippen molar-refractivity contribution >= 4 is 45.8 Å². The molecule has 166 valence electrons. The molecule has 0 spiro atoms. The van der Waals surface area contributed by atoms with Crippen molar-refractivity contribution in [3.8, 4) is 0 Å². The van der Waals surface area contributed by atoms with E-state index in [1.165, 1.54) is 18.3 Å². The van der Waals surface area contributed by atoms with Gasteiger partial charge >= 0.3 is 13.2 Å². The Hall–Kier alpha value is -2.83. The third-order valence-corrected chi connectivity index (χ3v) is 5.99. The fraction of sp³-hybridized carbons (Fsp3) is 0.368. The molecular formula is C19H25BN4O6S. The van der Waals surface area contributed by atoms with Crippen LogP contribution in [0.3, 0.4) is 0 Å². The summed E-state index contributed by atoms with van der Waals surface area (Å²) < 4.78 is 38.5. The van der Waals surface area contributed by atoms with Crippen molar-refractivity contribution in [1.29, 1.82) is 0 Å². The fourth-order valence-corrected chi connectivity index (χ4v) is 4.22. The molecule has 10 nitrogen and oxygen atoms in total. The Balaban J connectivity index is 1.74. The highest BCUT2D eigenvalue weighted by Gasteiger charge is 2.28. The first kappa shape index (κ1) is 22.9. The van der Waals surface area contributed by atoms with E-state index in [1.54, 1.807) is 12.1 Å². The Kier molecular flexibility index (Phi) is 7.36. The van der Waals surface area contributed by atoms with Gasteiger partial charge in [0.1, 0.15) is 0 Å². The molecular weight excluding hydrogens is 423 g/mol. The molecule has 1 aromatic carbocycles. The van der Waals surface area contributed by atoms with E-state index < -0.39 is 28.3 Å². The highest BCUT2D eigenvalue weighted by atomic mass is 32.2. The number of carbonyl (C=O) groups is 1. The molecule has 3 rings (SSSR count). The van der Waals surface area contributed by atoms with E-state index >= 15 is 0 Å². The van der Waals surface area contributed by atoms with E-state index in [1.807, 2.05) is 0 Å². The number of benzene rings is 1. The van der Waals surface area contributed by atoms with Crippen molar-refractivity contribution in [2.45, 2.75) is 44.2 Å². The number of nitrogens with zero attached hydrogens (tertiary/aromatic N) is 1. The topological polar surface area (TPSA) is 153 Å². The Morgan fingerprint density at radius 1 is 1.32 bits per heavy atom. The van der Waals surface area contributed by atoms with Crippen LogP contribution in [0.2, 0.25) is 0 Å². The van der Waals surface area contributed by atoms with Gasteiger partial charge in [-0.1, -0.05) is 32.3 Å². The van der Waals surface area contributed by atoms with Crippen LogP contribution in [-0.2, 0) is 26.0 Å². The van der Waals surface area contributed by atoms with Gasteiger partial charge in [0.25, 0.3) is 10.0 Å². The molecule has 0 unspecified atom stereocenters. The predicted molar refractivity (Wildman–Crippen MR) is 117 cm³/mol. The summed E-state index contributed by atoms with van der Waals surface area (Å²) in [6.07, 6.45) is 4.15. The smallest absolute Gasteiger partial charge is 0.449 e. The molecule has 1 aromatic heterocycles. The summed E-state index contributed by atoms with van der Waals surface area (Å²) in [6, 6.07) is 5.99. The number of amides is 1. The Morgan fingerprint density at radius 3 is 2.90 bits per heavy atom. The molecule has 2 heterocycles. The Labute approximate surface area is 181 Å². The van der Waals surface area contributed by atoms with Crippen LogP contribution >= 0.6 is 0 Å². The first-order valence-corrected chi connectivity index (χ1v) is 11.4. The molecule has 0 bridgehead atoms. The second-order valence-corrected chi connectivity index (χ2v) is 8.72. The zero-order valence-corrected chi connectivity index (χ0v) is 17.9. The first-order chi connectivity index (χ1) is 14.8. The zero-order valence-electron chi connectivity index (χ0n) is 17.1. The van der Waals surface area contributed by atoms with Crippen LogP contribution < -0.4 is 21.2 Å². The van der Waals surface area contributed by atoms with Crippen molar-refractivity contribution in [2.24, 2.45) is 0 Å². The lowest BCUT2D eigenvalue weighted by Crippen LogP contribution is -2.28. The number of hydrogen-bond donors (Lipinski definition) is 4. The third-order valence-electron chi connectivity index (χ3n) is 4.66. The van der Waals surface area contributed by atoms with Crippen molar-refractivity contribution in [3.05, 3.63) is 36.0 Å². The van der Waals surface area contributed by atoms with E-state index in [9.17, 15) is 18.2 Å². The number of unbranched alkanes of at least 4 members (excludes halogenated alkanes) is 3. The van der Waals surface area contributed by atoms with Crippen LogP contribution in [0.15, 0.2) is 35.5 Å². The van der Waals surface area contributed by atoms with Gasteiger partial charge < -0.3 is 20.1 Å². The Morgan fingerprint density at radius 2 is 2.13 bits per heavy atom. The average Bonchev–Trinajstić information content (AvgIpc) is 3.08. The number of sulfonamides is 1. The van der Waals surface area contributed by atoms with E-state index in [0.717, 1.165) is 31.2 Å². The maximum atomic E-state index is 12.9. The molecule has 1 amide bonds. The van der Waals surface area contributed by atoms with Crippen molar-refractivity contribution in [3.63, 3.8) is 0 Å². The largest absolute Gasteiger partial charge is 0.491 e. The minimum absolute atomic E-state index is 0.101. The lowest BCUT2D eigenvalue weighted by atomic mass is 9.79. The average molecular weight is 448 g/mol. The number of rotatable bonds is 9. The van der Waals surface area contributed by atoms with Crippen molar-refractivity contribution in [2.75, 3.05) is 22.4 Å². The minimum atomic E-state index is -4.18. The number of nitrogens with two attached hydrogens (primary N) is 1. The molecule has 1 aliphatic rings. The molecule has 2 aromatic rings. The maximum Gasteiger partial charge on any atom is 0.491 e. The fourth-order valence-electron chi connectivity index (χ4n) is 3.09. The number of carbonyl (C=O) groups excluding carboxylic acids is 1. The number of nitrogens with one attached hydrogen (secondary N) is 2. The molecule has 0 radical (unpaired) electrons. The summed E-state index contributed by atoms with van der Waals surface area (Å²) >= 11 is 0. The van der Waals surface area contributed by atoms with Crippen LogP contribution in [0, 0.1) is 0 Å². The molecule has 5 N–H and O–H groups in total. The number of pyridine rings is 1. The molecule has 0 atom stereocenters. The molecule has 1 aliphatic heterocycles. The number of aromatic nitrogens is 1. The first-order valence-electron chi connectivity index (χ1n) is 9.94. The predicted octanol–water partition coefficient (Wildman–Crippen LogP) is 1.81. The maximum absolute atomic E-state index is 12.9. The zero-order chi connectivity index (χ0) is 22.4. The van der Waals surface area contributed by atoms with Gasteiger partial charge in [0.15, 0.2) is 5.03 Å². The van der Waals surface area contributed by atoms with Gasteiger partial charge in [-0.05, 0) is 35.6 Å². The summed E-state index contributed by atoms with van der Waals surface area (Å²) in [5.41, 5.74) is 7.26. The summed E-state index contributed by atoms with van der Waals surface area (Å²) in [5, 5.41) is 11.8. The van der Waals surface area contributed by atoms with Gasteiger partial charge in [-0.25, -0.2) is 9.78 Å². The van der Waals surface area contributed by atoms with Crippen LogP contribution in [0.25, 0.3) is 0 Å². The van der Waals surface area contributed by atoms with E-state index in [2.05, 4.69) is 21.9 Å². The van der Waals surface area contributed by atoms with E-state index in [-0.39, 0.29) is 30.3 Å². The summed E-state index contributed by atoms with van der Waals surface area (Å²) in [4.78, 5) is 16.0. The summed E-state index contributed by atoms with van der Waals surface area (Å²) in [5.74, 6) is 0. The van der Waals surface area contributed by atoms with Gasteiger partial charge in [0, 0.05) is 5.69 Å². The van der Waals surface area contributed by atoms with Crippen molar-refractivity contribution < 1.29 is 27.6 Å². The van der Waals surface area contributed by atoms with E-state index in [0.29, 0.717) is 5.46 Å². The van der Waals surface area contributed by atoms with Crippen LogP contribution in [0.1, 0.15) is 38.2 Å². The van der Waals surface area contributed by atoms with E-state index in [4.69, 9.17) is 15.1 Å². The van der Waals surface area contributed by atoms with Gasteiger partial charge in [0.05, 0.1) is 30.8 Å². The quantitative estimate of drug-likeness (QED) is 0.335. The molecule has 0 saturated carbocycles. The SMILES string of the molecule is CCCCCCOC(=O)Nc1cc(N)cnc1S(=O)(=O)Nc1ccc2c(c1)B(O)OC2. The minimum Gasteiger partial charge on any atom is -0.449 e. The molecule has 0 saturated heterocycles. The van der Waals surface area contributed by atoms with Crippen LogP contribution in [-0.4, -0.2) is 38.2 Å². The highest BCUT2D eigenvalue weighted by Crippen LogP contribution is 2.24. The number of anilines is 3. The van der Waals surface area contributed by atoms with Gasteiger partial charge in [-0.2, -0.15) is 8.42 Å². The van der Waals surface area contributed by atoms with Gasteiger partial charge in [-0.15, -0.1) is 0 Å². The number of hydrogen-bond acceptors (Lipinski definition) is 8. The van der Waals surface area contributed by atoms with Crippen LogP contribution in [0.4, 0.5) is 21.9 Å². The van der Waals surface area contributed by atoms with Gasteiger partial charge in [0.2, 0.25) is 0 Å². The standard InChI is InChI=1S/C19H25BN4O6S/c1-2-3-4-5-8-29-19(25)23-17-9-14(21)11-22-18(17)31(27,28)24-15-7-6-13-12-30-20(26)16(13)10-15/h6-7,9-11,24,26H,2-5,8,12,21H2,1H3,(H,23,25). The lowest BCUT2D eigenvalue weighted by molar-refractivity contribution is 0.159. The van der Waals surface area contributed by atoms with Crippen LogP contribution in [0.5, 0.6) is 0 Å². The lowest BCUT2D eigenvalue weighted by Gasteiger charge is -2.14. The Bertz CT molecular complexity index is 1050. The molecule has 0 fully saturated rings.